The van der Waals surface area contributed by atoms with Gasteiger partial charge in [-0.3, -0.25) is 0 Å². The van der Waals surface area contributed by atoms with E-state index in [2.05, 4.69) is 29.6 Å². The number of nitrogens with one attached hydrogen (secondary N) is 1. The molecule has 0 bridgehead atoms. The highest BCUT2D eigenvalue weighted by Crippen LogP contribution is 2.36. The average Bonchev–Trinajstić information content (AvgIpc) is 2.90. The Labute approximate surface area is 119 Å². The lowest BCUT2D eigenvalue weighted by Gasteiger charge is -2.16. The Morgan fingerprint density at radius 1 is 0.950 bits per heavy atom. The standard InChI is InChI=1S/C17H19NO2/c1-19-14-8-5-13(6-9-14)18-17-10-4-12-3-7-15(20-2)11-16(12)17/h3,5-9,11,17-18H,4,10H2,1-2H3. The molecule has 1 aliphatic rings. The zero-order chi connectivity index (χ0) is 13.9. The van der Waals surface area contributed by atoms with E-state index in [9.17, 15) is 0 Å². The Hall–Kier alpha value is -2.16. The van der Waals surface area contributed by atoms with Crippen molar-refractivity contribution >= 4 is 5.69 Å². The normalized spacial score (nSPS) is 16.6. The van der Waals surface area contributed by atoms with Crippen LogP contribution in [0.5, 0.6) is 11.5 Å². The van der Waals surface area contributed by atoms with E-state index in [1.807, 2.05) is 18.2 Å². The van der Waals surface area contributed by atoms with Gasteiger partial charge in [-0.1, -0.05) is 6.07 Å². The van der Waals surface area contributed by atoms with Gasteiger partial charge in [0.25, 0.3) is 0 Å². The van der Waals surface area contributed by atoms with Crippen LogP contribution in [0.2, 0.25) is 0 Å². The van der Waals surface area contributed by atoms with Gasteiger partial charge in [0.05, 0.1) is 20.3 Å². The molecule has 0 fully saturated rings. The number of ether oxygens (including phenoxy) is 2. The van der Waals surface area contributed by atoms with Crippen LogP contribution >= 0.6 is 0 Å². The number of hydrogen-bond acceptors (Lipinski definition) is 3. The van der Waals surface area contributed by atoms with E-state index >= 15 is 0 Å². The van der Waals surface area contributed by atoms with Gasteiger partial charge in [0, 0.05) is 5.69 Å². The molecule has 104 valence electrons. The molecule has 3 rings (SSSR count). The van der Waals surface area contributed by atoms with Gasteiger partial charge in [-0.25, -0.2) is 0 Å². The zero-order valence-electron chi connectivity index (χ0n) is 11.8. The molecule has 0 heterocycles. The molecule has 0 radical (unpaired) electrons. The SMILES string of the molecule is COc1ccc(NC2CCc3ccc(OC)cc32)cc1. The topological polar surface area (TPSA) is 30.5 Å². The van der Waals surface area contributed by atoms with Crippen molar-refractivity contribution in [3.05, 3.63) is 53.6 Å². The molecular weight excluding hydrogens is 250 g/mol. The van der Waals surface area contributed by atoms with Gasteiger partial charge < -0.3 is 14.8 Å². The number of fused-ring (bicyclic) bond motifs is 1. The minimum atomic E-state index is 0.355. The van der Waals surface area contributed by atoms with Crippen LogP contribution in [0.15, 0.2) is 42.5 Å². The summed E-state index contributed by atoms with van der Waals surface area (Å²) in [5.74, 6) is 1.80. The summed E-state index contributed by atoms with van der Waals surface area (Å²) in [6, 6.07) is 14.8. The van der Waals surface area contributed by atoms with Crippen molar-refractivity contribution in [2.45, 2.75) is 18.9 Å². The molecule has 1 atom stereocenters. The van der Waals surface area contributed by atoms with E-state index in [-0.39, 0.29) is 0 Å². The number of hydrogen-bond donors (Lipinski definition) is 1. The van der Waals surface area contributed by atoms with Gasteiger partial charge in [0.2, 0.25) is 0 Å². The molecule has 0 saturated heterocycles. The second-order valence-corrected chi connectivity index (χ2v) is 5.03. The monoisotopic (exact) mass is 269 g/mol. The first-order valence-corrected chi connectivity index (χ1v) is 6.87. The number of rotatable bonds is 4. The van der Waals surface area contributed by atoms with Gasteiger partial charge in [-0.15, -0.1) is 0 Å². The van der Waals surface area contributed by atoms with E-state index in [1.54, 1.807) is 14.2 Å². The molecule has 2 aromatic carbocycles. The Kier molecular flexibility index (Phi) is 3.50. The van der Waals surface area contributed by atoms with Crippen LogP contribution in [-0.2, 0) is 6.42 Å². The number of benzene rings is 2. The first-order valence-electron chi connectivity index (χ1n) is 6.87. The maximum absolute atomic E-state index is 5.32. The number of anilines is 1. The van der Waals surface area contributed by atoms with Crippen molar-refractivity contribution in [3.63, 3.8) is 0 Å². The Morgan fingerprint density at radius 2 is 1.65 bits per heavy atom. The van der Waals surface area contributed by atoms with Crippen molar-refractivity contribution in [2.24, 2.45) is 0 Å². The minimum absolute atomic E-state index is 0.355. The highest BCUT2D eigenvalue weighted by molar-refractivity contribution is 5.51. The lowest BCUT2D eigenvalue weighted by molar-refractivity contribution is 0.414. The molecule has 0 aromatic heterocycles. The summed E-state index contributed by atoms with van der Waals surface area (Å²) in [6.07, 6.45) is 2.24. The predicted molar refractivity (Wildman–Crippen MR) is 80.7 cm³/mol. The van der Waals surface area contributed by atoms with Crippen molar-refractivity contribution in [1.29, 1.82) is 0 Å². The molecule has 3 nitrogen and oxygen atoms in total. The number of methoxy groups -OCH3 is 2. The molecule has 1 aliphatic carbocycles. The van der Waals surface area contributed by atoms with Crippen molar-refractivity contribution < 1.29 is 9.47 Å². The summed E-state index contributed by atoms with van der Waals surface area (Å²) in [6.45, 7) is 0. The minimum Gasteiger partial charge on any atom is -0.497 e. The molecule has 2 aromatic rings. The summed E-state index contributed by atoms with van der Waals surface area (Å²) in [5.41, 5.74) is 3.88. The summed E-state index contributed by atoms with van der Waals surface area (Å²) < 4.78 is 10.5. The third-order valence-corrected chi connectivity index (χ3v) is 3.86. The maximum atomic E-state index is 5.32. The molecule has 0 amide bonds. The second-order valence-electron chi connectivity index (χ2n) is 5.03. The van der Waals surface area contributed by atoms with Crippen molar-refractivity contribution in [1.82, 2.24) is 0 Å². The van der Waals surface area contributed by atoms with E-state index < -0.39 is 0 Å². The first-order chi connectivity index (χ1) is 9.80. The van der Waals surface area contributed by atoms with E-state index in [4.69, 9.17) is 9.47 Å². The quantitative estimate of drug-likeness (QED) is 0.915. The van der Waals surface area contributed by atoms with Crippen LogP contribution in [0.4, 0.5) is 5.69 Å². The lowest BCUT2D eigenvalue weighted by Crippen LogP contribution is -2.07. The third-order valence-electron chi connectivity index (χ3n) is 3.86. The van der Waals surface area contributed by atoms with Gasteiger partial charge in [0.15, 0.2) is 0 Å². The van der Waals surface area contributed by atoms with Gasteiger partial charge in [-0.2, -0.15) is 0 Å². The fourth-order valence-corrected chi connectivity index (χ4v) is 2.75. The van der Waals surface area contributed by atoms with Crippen LogP contribution in [-0.4, -0.2) is 14.2 Å². The highest BCUT2D eigenvalue weighted by Gasteiger charge is 2.22. The summed E-state index contributed by atoms with van der Waals surface area (Å²) in [5, 5.41) is 3.59. The summed E-state index contributed by atoms with van der Waals surface area (Å²) in [7, 11) is 3.39. The summed E-state index contributed by atoms with van der Waals surface area (Å²) >= 11 is 0. The van der Waals surface area contributed by atoms with Gasteiger partial charge in [-0.05, 0) is 60.4 Å². The molecule has 0 aliphatic heterocycles. The first kappa shape index (κ1) is 12.9. The smallest absolute Gasteiger partial charge is 0.119 e. The molecule has 0 saturated carbocycles. The van der Waals surface area contributed by atoms with E-state index in [1.165, 1.54) is 11.1 Å². The van der Waals surface area contributed by atoms with Crippen LogP contribution in [0, 0.1) is 0 Å². The molecule has 20 heavy (non-hydrogen) atoms. The molecule has 1 unspecified atom stereocenters. The third kappa shape index (κ3) is 2.44. The highest BCUT2D eigenvalue weighted by atomic mass is 16.5. The predicted octanol–water partition coefficient (Wildman–Crippen LogP) is 3.80. The van der Waals surface area contributed by atoms with E-state index in [0.717, 1.165) is 30.0 Å². The van der Waals surface area contributed by atoms with Crippen LogP contribution in [0.1, 0.15) is 23.6 Å². The average molecular weight is 269 g/mol. The molecular formula is C17H19NO2. The lowest BCUT2D eigenvalue weighted by atomic mass is 10.1. The summed E-state index contributed by atoms with van der Waals surface area (Å²) in [4.78, 5) is 0. The Bertz CT molecular complexity index is 592. The fraction of sp³-hybridized carbons (Fsp3) is 0.294. The van der Waals surface area contributed by atoms with Gasteiger partial charge in [0.1, 0.15) is 11.5 Å². The second kappa shape index (κ2) is 5.45. The maximum Gasteiger partial charge on any atom is 0.119 e. The van der Waals surface area contributed by atoms with Crippen LogP contribution < -0.4 is 14.8 Å². The van der Waals surface area contributed by atoms with Crippen molar-refractivity contribution in [2.75, 3.05) is 19.5 Å². The van der Waals surface area contributed by atoms with Crippen LogP contribution in [0.3, 0.4) is 0 Å². The molecule has 0 spiro atoms. The largest absolute Gasteiger partial charge is 0.497 e. The van der Waals surface area contributed by atoms with Crippen molar-refractivity contribution in [3.8, 4) is 11.5 Å². The Balaban J connectivity index is 1.79. The molecule has 1 N–H and O–H groups in total. The van der Waals surface area contributed by atoms with Crippen LogP contribution in [0.25, 0.3) is 0 Å². The Morgan fingerprint density at radius 3 is 2.35 bits per heavy atom. The number of aryl methyl sites for hydroxylation is 1. The molecule has 3 heteroatoms. The van der Waals surface area contributed by atoms with Gasteiger partial charge >= 0.3 is 0 Å². The fourth-order valence-electron chi connectivity index (χ4n) is 2.75. The zero-order valence-corrected chi connectivity index (χ0v) is 11.8. The van der Waals surface area contributed by atoms with E-state index in [0.29, 0.717) is 6.04 Å².